The molecule has 20 heavy (non-hydrogen) atoms. The zero-order chi connectivity index (χ0) is 14.7. The van der Waals surface area contributed by atoms with Gasteiger partial charge in [-0.05, 0) is 42.3 Å². The maximum absolute atomic E-state index is 12.4. The Balaban J connectivity index is 2.18. The predicted molar refractivity (Wildman–Crippen MR) is 86.1 cm³/mol. The second kappa shape index (κ2) is 6.42. The van der Waals surface area contributed by atoms with E-state index in [1.54, 1.807) is 11.9 Å². The van der Waals surface area contributed by atoms with Crippen molar-refractivity contribution in [3.63, 3.8) is 0 Å². The lowest BCUT2D eigenvalue weighted by molar-refractivity contribution is 0.0785. The lowest BCUT2D eigenvalue weighted by Crippen LogP contribution is -2.26. The first-order valence-electron chi connectivity index (χ1n) is 6.23. The molecule has 0 N–H and O–H groups in total. The highest BCUT2D eigenvalue weighted by Crippen LogP contribution is 2.19. The molecule has 0 aliphatic carbocycles. The minimum absolute atomic E-state index is 0.0191. The van der Waals surface area contributed by atoms with Gasteiger partial charge in [0.1, 0.15) is 0 Å². The lowest BCUT2D eigenvalue weighted by Gasteiger charge is -2.18. The second-order valence-electron chi connectivity index (χ2n) is 4.77. The Bertz CT molecular complexity index is 622. The highest BCUT2D eigenvalue weighted by Gasteiger charge is 2.14. The van der Waals surface area contributed by atoms with Gasteiger partial charge in [0.25, 0.3) is 5.91 Å². The number of carbonyl (C=O) groups is 1. The van der Waals surface area contributed by atoms with Gasteiger partial charge < -0.3 is 4.90 Å². The molecule has 104 valence electrons. The molecule has 0 radical (unpaired) electrons. The Kier molecular flexibility index (Phi) is 4.84. The third-order valence-corrected chi connectivity index (χ3v) is 3.83. The Morgan fingerprint density at radius 3 is 2.60 bits per heavy atom. The number of amides is 1. The maximum atomic E-state index is 12.4. The summed E-state index contributed by atoms with van der Waals surface area (Å²) in [5.41, 5.74) is 2.66. The highest BCUT2D eigenvalue weighted by molar-refractivity contribution is 9.10. The van der Waals surface area contributed by atoms with Crippen LogP contribution >= 0.6 is 27.5 Å². The van der Waals surface area contributed by atoms with Gasteiger partial charge in [0.05, 0.1) is 0 Å². The molecule has 2 rings (SSSR count). The second-order valence-corrected chi connectivity index (χ2v) is 6.09. The fourth-order valence-corrected chi connectivity index (χ4v) is 2.84. The third kappa shape index (κ3) is 3.62. The smallest absolute Gasteiger partial charge is 0.253 e. The first-order valence-corrected chi connectivity index (χ1v) is 7.40. The van der Waals surface area contributed by atoms with E-state index in [2.05, 4.69) is 15.9 Å². The average Bonchev–Trinajstić information content (AvgIpc) is 2.39. The number of hydrogen-bond acceptors (Lipinski definition) is 1. The molecule has 0 aliphatic rings. The van der Waals surface area contributed by atoms with E-state index in [1.807, 2.05) is 49.4 Å². The summed E-state index contributed by atoms with van der Waals surface area (Å²) in [5, 5.41) is 0.678. The molecular weight excluding hydrogens is 338 g/mol. The fraction of sp³-hybridized carbons (Fsp3) is 0.188. The van der Waals surface area contributed by atoms with Crippen molar-refractivity contribution in [1.29, 1.82) is 0 Å². The zero-order valence-corrected chi connectivity index (χ0v) is 13.7. The van der Waals surface area contributed by atoms with Crippen molar-refractivity contribution in [2.24, 2.45) is 0 Å². The van der Waals surface area contributed by atoms with E-state index >= 15 is 0 Å². The van der Waals surface area contributed by atoms with Crippen molar-refractivity contribution in [1.82, 2.24) is 4.90 Å². The van der Waals surface area contributed by atoms with Crippen LogP contribution in [0.5, 0.6) is 0 Å². The average molecular weight is 353 g/mol. The molecule has 0 aromatic heterocycles. The number of rotatable bonds is 3. The van der Waals surface area contributed by atoms with Crippen LogP contribution < -0.4 is 0 Å². The standard InChI is InChI=1S/C16H15BrClNO/c1-11-7-13(9-14(17)8-11)16(20)19(2)10-12-5-3-4-6-15(12)18/h3-9H,10H2,1-2H3. The summed E-state index contributed by atoms with van der Waals surface area (Å²) < 4.78 is 0.909. The van der Waals surface area contributed by atoms with Gasteiger partial charge in [-0.2, -0.15) is 0 Å². The van der Waals surface area contributed by atoms with Crippen molar-refractivity contribution < 1.29 is 4.79 Å². The topological polar surface area (TPSA) is 20.3 Å². The molecule has 1 amide bonds. The van der Waals surface area contributed by atoms with Crippen molar-refractivity contribution in [3.05, 3.63) is 68.7 Å². The van der Waals surface area contributed by atoms with Gasteiger partial charge in [-0.1, -0.05) is 45.7 Å². The largest absolute Gasteiger partial charge is 0.337 e. The first-order chi connectivity index (χ1) is 9.47. The predicted octanol–water partition coefficient (Wildman–Crippen LogP) is 4.68. The zero-order valence-electron chi connectivity index (χ0n) is 11.4. The van der Waals surface area contributed by atoms with E-state index < -0.39 is 0 Å². The number of nitrogens with zero attached hydrogens (tertiary/aromatic N) is 1. The van der Waals surface area contributed by atoms with Gasteiger partial charge in [0.2, 0.25) is 0 Å². The van der Waals surface area contributed by atoms with Crippen LogP contribution in [-0.2, 0) is 6.54 Å². The Labute approximate surface area is 132 Å². The van der Waals surface area contributed by atoms with Crippen LogP contribution in [0.4, 0.5) is 0 Å². The summed E-state index contributed by atoms with van der Waals surface area (Å²) in [7, 11) is 1.78. The molecule has 2 nitrogen and oxygen atoms in total. The molecule has 4 heteroatoms. The van der Waals surface area contributed by atoms with Gasteiger partial charge in [0, 0.05) is 28.7 Å². The summed E-state index contributed by atoms with van der Waals surface area (Å²) in [6, 6.07) is 13.3. The third-order valence-electron chi connectivity index (χ3n) is 3.00. The quantitative estimate of drug-likeness (QED) is 0.785. The SMILES string of the molecule is Cc1cc(Br)cc(C(=O)N(C)Cc2ccccc2Cl)c1. The Morgan fingerprint density at radius 1 is 1.25 bits per heavy atom. The van der Waals surface area contributed by atoms with Crippen LogP contribution in [0, 0.1) is 6.92 Å². The van der Waals surface area contributed by atoms with Crippen LogP contribution in [0.3, 0.4) is 0 Å². The number of hydrogen-bond donors (Lipinski definition) is 0. The molecule has 0 fully saturated rings. The van der Waals surface area contributed by atoms with Crippen LogP contribution in [0.2, 0.25) is 5.02 Å². The molecular formula is C16H15BrClNO. The van der Waals surface area contributed by atoms with E-state index in [0.29, 0.717) is 17.1 Å². The molecule has 0 unspecified atom stereocenters. The molecule has 0 bridgehead atoms. The Morgan fingerprint density at radius 2 is 1.95 bits per heavy atom. The number of halogens is 2. The Hall–Kier alpha value is -1.32. The van der Waals surface area contributed by atoms with E-state index in [1.165, 1.54) is 0 Å². The minimum atomic E-state index is -0.0191. The van der Waals surface area contributed by atoms with Crippen molar-refractivity contribution >= 4 is 33.4 Å². The van der Waals surface area contributed by atoms with Crippen LogP contribution in [0.1, 0.15) is 21.5 Å². The minimum Gasteiger partial charge on any atom is -0.337 e. The molecule has 0 spiro atoms. The van der Waals surface area contributed by atoms with Gasteiger partial charge in [0.15, 0.2) is 0 Å². The molecule has 0 aliphatic heterocycles. The highest BCUT2D eigenvalue weighted by atomic mass is 79.9. The number of carbonyl (C=O) groups excluding carboxylic acids is 1. The van der Waals surface area contributed by atoms with E-state index in [9.17, 15) is 4.79 Å². The summed E-state index contributed by atoms with van der Waals surface area (Å²) in [6.45, 7) is 2.46. The van der Waals surface area contributed by atoms with Crippen LogP contribution in [0.25, 0.3) is 0 Å². The summed E-state index contributed by atoms with van der Waals surface area (Å²) in [6.07, 6.45) is 0. The number of aryl methyl sites for hydroxylation is 1. The number of benzene rings is 2. The van der Waals surface area contributed by atoms with Crippen molar-refractivity contribution in [3.8, 4) is 0 Å². The van der Waals surface area contributed by atoms with Crippen LogP contribution in [0.15, 0.2) is 46.9 Å². The van der Waals surface area contributed by atoms with E-state index in [-0.39, 0.29) is 5.91 Å². The summed E-state index contributed by atoms with van der Waals surface area (Å²) in [5.74, 6) is -0.0191. The molecule has 2 aromatic carbocycles. The van der Waals surface area contributed by atoms with Gasteiger partial charge in [-0.3, -0.25) is 4.79 Å². The molecule has 0 saturated heterocycles. The first kappa shape index (κ1) is 15.1. The normalized spacial score (nSPS) is 10.4. The molecule has 0 atom stereocenters. The molecule has 2 aromatic rings. The summed E-state index contributed by atoms with van der Waals surface area (Å²) in [4.78, 5) is 14.1. The van der Waals surface area contributed by atoms with E-state index in [4.69, 9.17) is 11.6 Å². The summed E-state index contributed by atoms with van der Waals surface area (Å²) >= 11 is 9.54. The maximum Gasteiger partial charge on any atom is 0.253 e. The molecule has 0 saturated carbocycles. The molecule has 0 heterocycles. The van der Waals surface area contributed by atoms with Crippen LogP contribution in [-0.4, -0.2) is 17.9 Å². The lowest BCUT2D eigenvalue weighted by atomic mass is 10.1. The van der Waals surface area contributed by atoms with Crippen molar-refractivity contribution in [2.75, 3.05) is 7.05 Å². The van der Waals surface area contributed by atoms with Gasteiger partial charge >= 0.3 is 0 Å². The fourth-order valence-electron chi connectivity index (χ4n) is 2.03. The van der Waals surface area contributed by atoms with Crippen molar-refractivity contribution in [2.45, 2.75) is 13.5 Å². The van der Waals surface area contributed by atoms with E-state index in [0.717, 1.165) is 15.6 Å². The van der Waals surface area contributed by atoms with Gasteiger partial charge in [-0.15, -0.1) is 0 Å². The monoisotopic (exact) mass is 351 g/mol. The van der Waals surface area contributed by atoms with Gasteiger partial charge in [-0.25, -0.2) is 0 Å².